The summed E-state index contributed by atoms with van der Waals surface area (Å²) in [6, 6.07) is 9.87. The molecule has 0 bridgehead atoms. The lowest BCUT2D eigenvalue weighted by atomic mass is 10.1. The fraction of sp³-hybridized carbons (Fsp3) is 0.312. The number of carbonyl (C=O) groups excluding carboxylic acids is 1. The first-order chi connectivity index (χ1) is 9.16. The van der Waals surface area contributed by atoms with Crippen LogP contribution in [0.2, 0.25) is 0 Å². The van der Waals surface area contributed by atoms with Gasteiger partial charge < -0.3 is 9.88 Å². The van der Waals surface area contributed by atoms with Gasteiger partial charge in [-0.2, -0.15) is 0 Å². The van der Waals surface area contributed by atoms with E-state index in [1.54, 1.807) is 0 Å². The van der Waals surface area contributed by atoms with Gasteiger partial charge in [0.05, 0.1) is 5.56 Å². The molecular weight excluding hydrogens is 236 g/mol. The van der Waals surface area contributed by atoms with E-state index in [2.05, 4.69) is 16.8 Å². The molecule has 1 aliphatic rings. The van der Waals surface area contributed by atoms with Crippen LogP contribution in [0.4, 0.5) is 5.69 Å². The van der Waals surface area contributed by atoms with Gasteiger partial charge in [0.15, 0.2) is 0 Å². The predicted octanol–water partition coefficient (Wildman–Crippen LogP) is 3.30. The number of amides is 1. The number of anilines is 1. The lowest BCUT2D eigenvalue weighted by Crippen LogP contribution is -2.13. The number of rotatable bonds is 2. The summed E-state index contributed by atoms with van der Waals surface area (Å²) in [5.74, 6) is 0.00745. The largest absolute Gasteiger partial charge is 0.348 e. The molecule has 1 N–H and O–H groups in total. The van der Waals surface area contributed by atoms with Gasteiger partial charge in [-0.15, -0.1) is 0 Å². The van der Waals surface area contributed by atoms with Crippen LogP contribution in [0.1, 0.15) is 33.7 Å². The van der Waals surface area contributed by atoms with E-state index in [4.69, 9.17) is 0 Å². The standard InChI is InChI=1S/C16H18N2O/c1-11-6-3-4-7-14(11)17-16(19)13-10-12(2)18-9-5-8-15(13)18/h3-4,6-7,10H,5,8-9H2,1-2H3,(H,17,19). The number of nitrogens with zero attached hydrogens (tertiary/aromatic N) is 1. The van der Waals surface area contributed by atoms with Crippen molar-refractivity contribution in [1.82, 2.24) is 4.57 Å². The highest BCUT2D eigenvalue weighted by Gasteiger charge is 2.22. The van der Waals surface area contributed by atoms with Gasteiger partial charge in [0.25, 0.3) is 5.91 Å². The molecule has 0 unspecified atom stereocenters. The average molecular weight is 254 g/mol. The zero-order chi connectivity index (χ0) is 13.4. The molecule has 3 heteroatoms. The summed E-state index contributed by atoms with van der Waals surface area (Å²) >= 11 is 0. The van der Waals surface area contributed by atoms with Crippen molar-refractivity contribution in [3.05, 3.63) is 52.8 Å². The molecule has 0 saturated carbocycles. The van der Waals surface area contributed by atoms with Crippen LogP contribution in [0, 0.1) is 13.8 Å². The lowest BCUT2D eigenvalue weighted by Gasteiger charge is -2.08. The predicted molar refractivity (Wildman–Crippen MR) is 76.6 cm³/mol. The Hall–Kier alpha value is -2.03. The molecule has 1 amide bonds. The summed E-state index contributed by atoms with van der Waals surface area (Å²) in [5.41, 5.74) is 5.18. The van der Waals surface area contributed by atoms with E-state index in [9.17, 15) is 4.79 Å². The topological polar surface area (TPSA) is 34.0 Å². The summed E-state index contributed by atoms with van der Waals surface area (Å²) in [6.45, 7) is 5.11. The average Bonchev–Trinajstić information content (AvgIpc) is 2.97. The van der Waals surface area contributed by atoms with Gasteiger partial charge in [-0.1, -0.05) is 18.2 Å². The fourth-order valence-electron chi connectivity index (χ4n) is 2.81. The van der Waals surface area contributed by atoms with Gasteiger partial charge in [0.1, 0.15) is 0 Å². The van der Waals surface area contributed by atoms with Gasteiger partial charge in [0.2, 0.25) is 0 Å². The molecule has 0 spiro atoms. The summed E-state index contributed by atoms with van der Waals surface area (Å²) < 4.78 is 2.26. The van der Waals surface area contributed by atoms with E-state index in [0.29, 0.717) is 0 Å². The molecule has 3 nitrogen and oxygen atoms in total. The van der Waals surface area contributed by atoms with Crippen LogP contribution in [0.3, 0.4) is 0 Å². The number of hydrogen-bond acceptors (Lipinski definition) is 1. The molecule has 2 aromatic rings. The van der Waals surface area contributed by atoms with Gasteiger partial charge in [0, 0.05) is 23.6 Å². The first-order valence-electron chi connectivity index (χ1n) is 6.73. The zero-order valence-corrected chi connectivity index (χ0v) is 11.4. The quantitative estimate of drug-likeness (QED) is 0.876. The molecule has 98 valence electrons. The number of carbonyl (C=O) groups is 1. The number of hydrogen-bond donors (Lipinski definition) is 1. The fourth-order valence-corrected chi connectivity index (χ4v) is 2.81. The molecule has 1 aliphatic heterocycles. The van der Waals surface area contributed by atoms with E-state index in [1.165, 1.54) is 11.4 Å². The minimum atomic E-state index is 0.00745. The van der Waals surface area contributed by atoms with Crippen LogP contribution in [-0.2, 0) is 13.0 Å². The molecule has 0 aliphatic carbocycles. The normalized spacial score (nSPS) is 13.4. The monoisotopic (exact) mass is 254 g/mol. The maximum Gasteiger partial charge on any atom is 0.257 e. The minimum absolute atomic E-state index is 0.00745. The van der Waals surface area contributed by atoms with Crippen molar-refractivity contribution in [2.45, 2.75) is 33.2 Å². The Morgan fingerprint density at radius 2 is 2.05 bits per heavy atom. The third kappa shape index (κ3) is 2.05. The SMILES string of the molecule is Cc1ccccc1NC(=O)c1cc(C)n2c1CCC2. The van der Waals surface area contributed by atoms with Crippen molar-refractivity contribution < 1.29 is 4.79 Å². The lowest BCUT2D eigenvalue weighted by molar-refractivity contribution is 0.102. The highest BCUT2D eigenvalue weighted by atomic mass is 16.1. The van der Waals surface area contributed by atoms with Gasteiger partial charge in [-0.05, 0) is 44.4 Å². The zero-order valence-electron chi connectivity index (χ0n) is 11.4. The number of aromatic nitrogens is 1. The number of benzene rings is 1. The second kappa shape index (κ2) is 4.57. The van der Waals surface area contributed by atoms with Gasteiger partial charge in [-0.3, -0.25) is 4.79 Å². The molecule has 1 aromatic carbocycles. The molecule has 3 rings (SSSR count). The minimum Gasteiger partial charge on any atom is -0.348 e. The second-order valence-electron chi connectivity index (χ2n) is 5.17. The Kier molecular flexibility index (Phi) is 2.90. The van der Waals surface area contributed by atoms with E-state index in [-0.39, 0.29) is 5.91 Å². The third-order valence-electron chi connectivity index (χ3n) is 3.85. The summed E-state index contributed by atoms with van der Waals surface area (Å²) in [6.07, 6.45) is 2.14. The Morgan fingerprint density at radius 3 is 2.84 bits per heavy atom. The Labute approximate surface area is 113 Å². The van der Waals surface area contributed by atoms with Crippen LogP contribution >= 0.6 is 0 Å². The first kappa shape index (κ1) is 12.0. The number of para-hydroxylation sites is 1. The Morgan fingerprint density at radius 1 is 1.26 bits per heavy atom. The Balaban J connectivity index is 1.90. The van der Waals surface area contributed by atoms with Crippen LogP contribution in [-0.4, -0.2) is 10.5 Å². The highest BCUT2D eigenvalue weighted by molar-refractivity contribution is 6.05. The highest BCUT2D eigenvalue weighted by Crippen LogP contribution is 2.25. The Bertz CT molecular complexity index is 640. The third-order valence-corrected chi connectivity index (χ3v) is 3.85. The number of nitrogens with one attached hydrogen (secondary N) is 1. The van der Waals surface area contributed by atoms with E-state index >= 15 is 0 Å². The smallest absolute Gasteiger partial charge is 0.257 e. The van der Waals surface area contributed by atoms with Crippen molar-refractivity contribution in [3.63, 3.8) is 0 Å². The second-order valence-corrected chi connectivity index (χ2v) is 5.17. The van der Waals surface area contributed by atoms with Crippen LogP contribution in [0.15, 0.2) is 30.3 Å². The van der Waals surface area contributed by atoms with Crippen molar-refractivity contribution in [1.29, 1.82) is 0 Å². The summed E-state index contributed by atoms with van der Waals surface area (Å²) in [5, 5.41) is 3.02. The molecule has 0 radical (unpaired) electrons. The van der Waals surface area contributed by atoms with Crippen LogP contribution < -0.4 is 5.32 Å². The molecule has 0 saturated heterocycles. The maximum atomic E-state index is 12.4. The summed E-state index contributed by atoms with van der Waals surface area (Å²) in [7, 11) is 0. The molecule has 0 atom stereocenters. The van der Waals surface area contributed by atoms with E-state index in [0.717, 1.165) is 36.2 Å². The van der Waals surface area contributed by atoms with Crippen molar-refractivity contribution in [3.8, 4) is 0 Å². The van der Waals surface area contributed by atoms with E-state index in [1.807, 2.05) is 37.3 Å². The van der Waals surface area contributed by atoms with Crippen LogP contribution in [0.5, 0.6) is 0 Å². The van der Waals surface area contributed by atoms with Crippen molar-refractivity contribution in [2.75, 3.05) is 5.32 Å². The van der Waals surface area contributed by atoms with Crippen molar-refractivity contribution in [2.24, 2.45) is 0 Å². The molecule has 2 heterocycles. The number of fused-ring (bicyclic) bond motifs is 1. The van der Waals surface area contributed by atoms with Gasteiger partial charge >= 0.3 is 0 Å². The first-order valence-corrected chi connectivity index (χ1v) is 6.73. The summed E-state index contributed by atoms with van der Waals surface area (Å²) in [4.78, 5) is 12.4. The van der Waals surface area contributed by atoms with Gasteiger partial charge in [-0.25, -0.2) is 0 Å². The molecule has 0 fully saturated rings. The van der Waals surface area contributed by atoms with Crippen LogP contribution in [0.25, 0.3) is 0 Å². The van der Waals surface area contributed by atoms with E-state index < -0.39 is 0 Å². The molecule has 19 heavy (non-hydrogen) atoms. The molecular formula is C16H18N2O. The maximum absolute atomic E-state index is 12.4. The molecule has 1 aromatic heterocycles. The van der Waals surface area contributed by atoms with Crippen molar-refractivity contribution >= 4 is 11.6 Å². The number of aryl methyl sites for hydroxylation is 2.